The Bertz CT molecular complexity index is 930. The molecule has 0 spiro atoms. The number of ether oxygens (including phenoxy) is 1. The van der Waals surface area contributed by atoms with Crippen LogP contribution in [0.5, 0.6) is 0 Å². The fourth-order valence-electron chi connectivity index (χ4n) is 3.99. The number of anilines is 1. The molecule has 1 aliphatic heterocycles. The Balaban J connectivity index is 1.64. The lowest BCUT2D eigenvalue weighted by atomic mass is 10.1. The summed E-state index contributed by atoms with van der Waals surface area (Å²) in [5.74, 6) is -0.663. The monoisotopic (exact) mass is 460 g/mol. The lowest BCUT2D eigenvalue weighted by Gasteiger charge is -2.37. The Morgan fingerprint density at radius 2 is 1.76 bits per heavy atom. The molecule has 1 aliphatic rings. The van der Waals surface area contributed by atoms with E-state index in [-0.39, 0.29) is 43.0 Å². The highest BCUT2D eigenvalue weighted by Gasteiger charge is 2.24. The average Bonchev–Trinajstić information content (AvgIpc) is 2.75. The first-order valence-electron chi connectivity index (χ1n) is 11.3. The Kier molecular flexibility index (Phi) is 8.63. The summed E-state index contributed by atoms with van der Waals surface area (Å²) in [6.45, 7) is 6.65. The molecule has 1 saturated heterocycles. The van der Waals surface area contributed by atoms with Gasteiger partial charge in [0, 0.05) is 38.3 Å². The summed E-state index contributed by atoms with van der Waals surface area (Å²) in [7, 11) is 3.83. The molecule has 0 saturated carbocycles. The van der Waals surface area contributed by atoms with Crippen LogP contribution in [0.4, 0.5) is 19.3 Å². The van der Waals surface area contributed by atoms with Crippen molar-refractivity contribution in [3.8, 4) is 0 Å². The van der Waals surface area contributed by atoms with E-state index in [2.05, 4.69) is 5.32 Å². The molecule has 1 N–H and O–H groups in total. The smallest absolute Gasteiger partial charge is 0.318 e. The maximum atomic E-state index is 14.9. The Labute approximate surface area is 195 Å². The Morgan fingerprint density at radius 3 is 2.39 bits per heavy atom. The van der Waals surface area contributed by atoms with Crippen molar-refractivity contribution in [1.82, 2.24) is 15.1 Å². The lowest BCUT2D eigenvalue weighted by molar-refractivity contribution is -0.00539. The molecular formula is C25H34F2N4O2. The molecule has 0 aliphatic carbocycles. The van der Waals surface area contributed by atoms with Crippen molar-refractivity contribution in [3.63, 3.8) is 0 Å². The van der Waals surface area contributed by atoms with Crippen LogP contribution in [0.15, 0.2) is 42.5 Å². The highest BCUT2D eigenvalue weighted by molar-refractivity contribution is 5.74. The van der Waals surface area contributed by atoms with Crippen LogP contribution < -0.4 is 10.2 Å². The molecule has 0 radical (unpaired) electrons. The molecule has 1 fully saturated rings. The number of benzene rings is 2. The van der Waals surface area contributed by atoms with Gasteiger partial charge in [0.05, 0.1) is 24.4 Å². The van der Waals surface area contributed by atoms with E-state index >= 15 is 0 Å². The second-order valence-electron chi connectivity index (χ2n) is 8.92. The van der Waals surface area contributed by atoms with Gasteiger partial charge in [-0.25, -0.2) is 13.6 Å². The predicted molar refractivity (Wildman–Crippen MR) is 126 cm³/mol. The van der Waals surface area contributed by atoms with Crippen LogP contribution in [-0.2, 0) is 17.8 Å². The second kappa shape index (κ2) is 11.4. The van der Waals surface area contributed by atoms with Gasteiger partial charge in [0.25, 0.3) is 0 Å². The summed E-state index contributed by atoms with van der Waals surface area (Å²) >= 11 is 0. The van der Waals surface area contributed by atoms with Crippen LogP contribution in [0.25, 0.3) is 0 Å². The minimum absolute atomic E-state index is 0.0368. The third kappa shape index (κ3) is 7.14. The van der Waals surface area contributed by atoms with Crippen molar-refractivity contribution >= 4 is 11.7 Å². The number of urea groups is 1. The molecule has 0 aromatic heterocycles. The van der Waals surface area contributed by atoms with Crippen molar-refractivity contribution in [1.29, 1.82) is 0 Å². The standard InChI is InChI=1S/C25H34F2N4O2/c1-18-15-31(16-19(2)33-18)24-10-9-20(13-23(24)27)14-28-25(32)30(12-11-29(3)4)17-21-7-5-6-8-22(21)26/h5-10,13,18-19H,11-12,14-17H2,1-4H3,(H,28,32). The molecule has 6 nitrogen and oxygen atoms in total. The second-order valence-corrected chi connectivity index (χ2v) is 8.92. The number of nitrogens with one attached hydrogen (secondary N) is 1. The number of morpholine rings is 1. The minimum Gasteiger partial charge on any atom is -0.372 e. The van der Waals surface area contributed by atoms with Crippen molar-refractivity contribution in [3.05, 3.63) is 65.2 Å². The van der Waals surface area contributed by atoms with E-state index in [1.807, 2.05) is 43.8 Å². The van der Waals surface area contributed by atoms with Gasteiger partial charge in [0.1, 0.15) is 11.6 Å². The molecule has 180 valence electrons. The molecule has 2 amide bonds. The molecule has 33 heavy (non-hydrogen) atoms. The summed E-state index contributed by atoms with van der Waals surface area (Å²) in [4.78, 5) is 18.4. The van der Waals surface area contributed by atoms with Gasteiger partial charge in [0.2, 0.25) is 0 Å². The summed E-state index contributed by atoms with van der Waals surface area (Å²) in [6.07, 6.45) is 0.0735. The van der Waals surface area contributed by atoms with Gasteiger partial charge in [-0.2, -0.15) is 0 Å². The number of halogens is 2. The Hall–Kier alpha value is -2.71. The summed E-state index contributed by atoms with van der Waals surface area (Å²) in [5, 5.41) is 2.85. The number of rotatable bonds is 8. The fourth-order valence-corrected chi connectivity index (χ4v) is 3.99. The van der Waals surface area contributed by atoms with Gasteiger partial charge >= 0.3 is 6.03 Å². The third-order valence-corrected chi connectivity index (χ3v) is 5.64. The van der Waals surface area contributed by atoms with Crippen molar-refractivity contribution in [2.45, 2.75) is 39.1 Å². The summed E-state index contributed by atoms with van der Waals surface area (Å²) in [6, 6.07) is 11.2. The van der Waals surface area contributed by atoms with E-state index in [4.69, 9.17) is 4.74 Å². The van der Waals surface area contributed by atoms with Gasteiger partial charge in [-0.05, 0) is 51.7 Å². The van der Waals surface area contributed by atoms with Gasteiger partial charge in [0.15, 0.2) is 0 Å². The highest BCUT2D eigenvalue weighted by atomic mass is 19.1. The van der Waals surface area contributed by atoms with E-state index in [1.165, 1.54) is 12.1 Å². The first kappa shape index (κ1) is 24.9. The molecule has 2 aromatic carbocycles. The van der Waals surface area contributed by atoms with Crippen molar-refractivity contribution in [2.75, 3.05) is 45.2 Å². The topological polar surface area (TPSA) is 48.1 Å². The molecule has 2 unspecified atom stereocenters. The van der Waals surface area contributed by atoms with Crippen LogP contribution >= 0.6 is 0 Å². The molecule has 0 bridgehead atoms. The van der Waals surface area contributed by atoms with Crippen LogP contribution in [0.1, 0.15) is 25.0 Å². The normalized spacial score (nSPS) is 18.5. The third-order valence-electron chi connectivity index (χ3n) is 5.64. The van der Waals surface area contributed by atoms with Crippen molar-refractivity contribution in [2.24, 2.45) is 0 Å². The zero-order valence-electron chi connectivity index (χ0n) is 19.9. The summed E-state index contributed by atoms with van der Waals surface area (Å²) < 4.78 is 34.7. The number of hydrogen-bond donors (Lipinski definition) is 1. The molecule has 8 heteroatoms. The number of amides is 2. The van der Waals surface area contributed by atoms with E-state index in [9.17, 15) is 13.6 Å². The largest absolute Gasteiger partial charge is 0.372 e. The van der Waals surface area contributed by atoms with E-state index in [0.29, 0.717) is 43.0 Å². The number of carbonyl (C=O) groups is 1. The quantitative estimate of drug-likeness (QED) is 0.650. The average molecular weight is 461 g/mol. The molecule has 1 heterocycles. The molecule has 2 atom stereocenters. The van der Waals surface area contributed by atoms with Gasteiger partial charge in [-0.1, -0.05) is 24.3 Å². The number of nitrogens with zero attached hydrogens (tertiary/aromatic N) is 3. The van der Waals surface area contributed by atoms with Gasteiger partial charge in [-0.15, -0.1) is 0 Å². The van der Waals surface area contributed by atoms with E-state index in [1.54, 1.807) is 29.2 Å². The predicted octanol–water partition coefficient (Wildman–Crippen LogP) is 3.85. The highest BCUT2D eigenvalue weighted by Crippen LogP contribution is 2.24. The lowest BCUT2D eigenvalue weighted by Crippen LogP contribution is -2.45. The molecule has 3 rings (SSSR count). The Morgan fingerprint density at radius 1 is 1.06 bits per heavy atom. The minimum atomic E-state index is -0.343. The summed E-state index contributed by atoms with van der Waals surface area (Å²) in [5.41, 5.74) is 1.66. The molecule has 2 aromatic rings. The van der Waals surface area contributed by atoms with Gasteiger partial charge < -0.3 is 24.8 Å². The van der Waals surface area contributed by atoms with Gasteiger partial charge in [-0.3, -0.25) is 0 Å². The van der Waals surface area contributed by atoms with E-state index in [0.717, 1.165) is 0 Å². The fraction of sp³-hybridized carbons (Fsp3) is 0.480. The van der Waals surface area contributed by atoms with E-state index < -0.39 is 0 Å². The number of carbonyl (C=O) groups excluding carboxylic acids is 1. The SMILES string of the molecule is CC1CN(c2ccc(CNC(=O)N(CCN(C)C)Cc3ccccc3F)cc2F)CC(C)O1. The zero-order chi connectivity index (χ0) is 24.0. The first-order valence-corrected chi connectivity index (χ1v) is 11.3. The zero-order valence-corrected chi connectivity index (χ0v) is 19.9. The van der Waals surface area contributed by atoms with Crippen molar-refractivity contribution < 1.29 is 18.3 Å². The van der Waals surface area contributed by atoms with Crippen LogP contribution in [0.3, 0.4) is 0 Å². The van der Waals surface area contributed by atoms with Crippen LogP contribution in [-0.4, -0.2) is 68.3 Å². The van der Waals surface area contributed by atoms with Crippen LogP contribution in [0, 0.1) is 11.6 Å². The number of likely N-dealkylation sites (N-methyl/N-ethyl adjacent to an activating group) is 1. The maximum Gasteiger partial charge on any atom is 0.318 e. The number of hydrogen-bond acceptors (Lipinski definition) is 4. The first-order chi connectivity index (χ1) is 15.7. The maximum absolute atomic E-state index is 14.9. The van der Waals surface area contributed by atoms with Crippen LogP contribution in [0.2, 0.25) is 0 Å². The molecular weight excluding hydrogens is 426 g/mol.